The summed E-state index contributed by atoms with van der Waals surface area (Å²) in [6, 6.07) is 2.06. The molecule has 1 aromatic carbocycles. The van der Waals surface area contributed by atoms with Crippen molar-refractivity contribution in [1.82, 2.24) is 10.6 Å². The average molecular weight is 357 g/mol. The lowest BCUT2D eigenvalue weighted by Crippen LogP contribution is -2.46. The van der Waals surface area contributed by atoms with E-state index in [1.54, 1.807) is 6.92 Å². The SMILES string of the molecule is CCNC(=O)[C@H](C)NC(=O)COC(=O)c1cc(Cl)c2c(c1)OCO2. The van der Waals surface area contributed by atoms with Gasteiger partial charge in [-0.15, -0.1) is 0 Å². The second-order valence-electron chi connectivity index (χ2n) is 4.95. The molecule has 24 heavy (non-hydrogen) atoms. The maximum Gasteiger partial charge on any atom is 0.338 e. The third kappa shape index (κ3) is 4.29. The van der Waals surface area contributed by atoms with Gasteiger partial charge in [0.15, 0.2) is 18.1 Å². The van der Waals surface area contributed by atoms with E-state index in [9.17, 15) is 14.4 Å². The molecule has 2 N–H and O–H groups in total. The van der Waals surface area contributed by atoms with Crippen LogP contribution in [-0.4, -0.2) is 43.8 Å². The Balaban J connectivity index is 1.88. The molecule has 0 saturated heterocycles. The van der Waals surface area contributed by atoms with Gasteiger partial charge in [0.25, 0.3) is 5.91 Å². The van der Waals surface area contributed by atoms with E-state index < -0.39 is 24.5 Å². The third-order valence-electron chi connectivity index (χ3n) is 3.12. The Morgan fingerprint density at radius 2 is 2.08 bits per heavy atom. The molecule has 130 valence electrons. The van der Waals surface area contributed by atoms with E-state index in [-0.39, 0.29) is 23.3 Å². The van der Waals surface area contributed by atoms with Crippen LogP contribution in [0.5, 0.6) is 11.5 Å². The Hall–Kier alpha value is -2.48. The van der Waals surface area contributed by atoms with Gasteiger partial charge in [-0.25, -0.2) is 4.79 Å². The van der Waals surface area contributed by atoms with E-state index >= 15 is 0 Å². The molecule has 1 atom stereocenters. The number of rotatable bonds is 6. The maximum absolute atomic E-state index is 12.0. The van der Waals surface area contributed by atoms with Crippen LogP contribution >= 0.6 is 11.6 Å². The zero-order valence-corrected chi connectivity index (χ0v) is 13.9. The third-order valence-corrected chi connectivity index (χ3v) is 3.40. The van der Waals surface area contributed by atoms with Crippen LogP contribution in [0.25, 0.3) is 0 Å². The van der Waals surface area contributed by atoms with E-state index in [0.29, 0.717) is 18.0 Å². The number of nitrogens with one attached hydrogen (secondary N) is 2. The average Bonchev–Trinajstić information content (AvgIpc) is 3.01. The molecule has 1 heterocycles. The summed E-state index contributed by atoms with van der Waals surface area (Å²) < 4.78 is 15.2. The lowest BCUT2D eigenvalue weighted by Gasteiger charge is -2.13. The number of hydrogen-bond donors (Lipinski definition) is 2. The molecule has 1 aliphatic rings. The van der Waals surface area contributed by atoms with Crippen molar-refractivity contribution in [3.63, 3.8) is 0 Å². The van der Waals surface area contributed by atoms with E-state index in [4.69, 9.17) is 25.8 Å². The predicted molar refractivity (Wildman–Crippen MR) is 84.1 cm³/mol. The molecule has 8 nitrogen and oxygen atoms in total. The molecule has 0 saturated carbocycles. The van der Waals surface area contributed by atoms with Gasteiger partial charge in [0.1, 0.15) is 6.04 Å². The lowest BCUT2D eigenvalue weighted by atomic mass is 10.2. The highest BCUT2D eigenvalue weighted by Crippen LogP contribution is 2.39. The first-order chi connectivity index (χ1) is 11.4. The van der Waals surface area contributed by atoms with Crippen LogP contribution in [0.3, 0.4) is 0 Å². The molecule has 2 amide bonds. The fraction of sp³-hybridized carbons (Fsp3) is 0.400. The number of amides is 2. The summed E-state index contributed by atoms with van der Waals surface area (Å²) in [6.07, 6.45) is 0. The predicted octanol–water partition coefficient (Wildman–Crippen LogP) is 0.866. The molecule has 1 aliphatic heterocycles. The number of esters is 1. The monoisotopic (exact) mass is 356 g/mol. The maximum atomic E-state index is 12.0. The summed E-state index contributed by atoms with van der Waals surface area (Å²) in [6.45, 7) is 3.26. The van der Waals surface area contributed by atoms with Crippen LogP contribution in [0.2, 0.25) is 5.02 Å². The zero-order valence-electron chi connectivity index (χ0n) is 13.2. The van der Waals surface area contributed by atoms with Crippen molar-refractivity contribution >= 4 is 29.4 Å². The highest BCUT2D eigenvalue weighted by Gasteiger charge is 2.22. The number of fused-ring (bicyclic) bond motifs is 1. The lowest BCUT2D eigenvalue weighted by molar-refractivity contribution is -0.130. The van der Waals surface area contributed by atoms with Crippen LogP contribution in [-0.2, 0) is 14.3 Å². The summed E-state index contributed by atoms with van der Waals surface area (Å²) in [5, 5.41) is 5.21. The van der Waals surface area contributed by atoms with Crippen LogP contribution < -0.4 is 20.1 Å². The first-order valence-corrected chi connectivity index (χ1v) is 7.63. The summed E-state index contributed by atoms with van der Waals surface area (Å²) in [7, 11) is 0. The van der Waals surface area contributed by atoms with Crippen LogP contribution in [0.15, 0.2) is 12.1 Å². The second-order valence-corrected chi connectivity index (χ2v) is 5.36. The van der Waals surface area contributed by atoms with Crippen molar-refractivity contribution in [2.75, 3.05) is 19.9 Å². The standard InChI is InChI=1S/C15H17ClN2O6/c1-3-17-14(20)8(2)18-12(19)6-22-15(21)9-4-10(16)13-11(5-9)23-7-24-13/h4-5,8H,3,6-7H2,1-2H3,(H,17,20)(H,18,19)/t8-/m0/s1. The second kappa shape index (κ2) is 7.87. The minimum Gasteiger partial charge on any atom is -0.454 e. The van der Waals surface area contributed by atoms with Crippen molar-refractivity contribution in [3.8, 4) is 11.5 Å². The van der Waals surface area contributed by atoms with Crippen molar-refractivity contribution in [2.24, 2.45) is 0 Å². The molecule has 1 aromatic rings. The number of benzene rings is 1. The Morgan fingerprint density at radius 3 is 2.79 bits per heavy atom. The number of halogens is 1. The smallest absolute Gasteiger partial charge is 0.338 e. The largest absolute Gasteiger partial charge is 0.454 e. The minimum atomic E-state index is -0.740. The summed E-state index contributed by atoms with van der Waals surface area (Å²) in [4.78, 5) is 35.2. The van der Waals surface area contributed by atoms with Gasteiger partial charge < -0.3 is 24.8 Å². The van der Waals surface area contributed by atoms with Gasteiger partial charge in [-0.1, -0.05) is 11.6 Å². The molecule has 9 heteroatoms. The number of carbonyl (C=O) groups excluding carboxylic acids is 3. The van der Waals surface area contributed by atoms with Gasteiger partial charge in [0.2, 0.25) is 12.7 Å². The van der Waals surface area contributed by atoms with Crippen LogP contribution in [0.4, 0.5) is 0 Å². The van der Waals surface area contributed by atoms with Gasteiger partial charge in [0, 0.05) is 6.54 Å². The molecule has 0 fully saturated rings. The number of likely N-dealkylation sites (N-methyl/N-ethyl adjacent to an activating group) is 1. The van der Waals surface area contributed by atoms with Crippen LogP contribution in [0.1, 0.15) is 24.2 Å². The molecular weight excluding hydrogens is 340 g/mol. The molecule has 0 spiro atoms. The summed E-state index contributed by atoms with van der Waals surface area (Å²) in [5.41, 5.74) is 0.133. The molecular formula is C15H17ClN2O6. The molecule has 2 rings (SSSR count). The number of carbonyl (C=O) groups is 3. The van der Waals surface area contributed by atoms with Crippen molar-refractivity contribution in [1.29, 1.82) is 0 Å². The molecule has 0 unspecified atom stereocenters. The number of ether oxygens (including phenoxy) is 3. The van der Waals surface area contributed by atoms with Crippen LogP contribution in [0, 0.1) is 0 Å². The Morgan fingerprint density at radius 1 is 1.33 bits per heavy atom. The van der Waals surface area contributed by atoms with Crippen molar-refractivity contribution in [2.45, 2.75) is 19.9 Å². The molecule has 0 bridgehead atoms. The van der Waals surface area contributed by atoms with Gasteiger partial charge in [-0.2, -0.15) is 0 Å². The van der Waals surface area contributed by atoms with Gasteiger partial charge in [-0.05, 0) is 26.0 Å². The topological polar surface area (TPSA) is 103 Å². The van der Waals surface area contributed by atoms with E-state index in [2.05, 4.69) is 10.6 Å². The zero-order chi connectivity index (χ0) is 17.7. The number of hydrogen-bond acceptors (Lipinski definition) is 6. The van der Waals surface area contributed by atoms with E-state index in [0.717, 1.165) is 0 Å². The van der Waals surface area contributed by atoms with Gasteiger partial charge >= 0.3 is 5.97 Å². The van der Waals surface area contributed by atoms with Gasteiger partial charge in [0.05, 0.1) is 10.6 Å². The van der Waals surface area contributed by atoms with Gasteiger partial charge in [-0.3, -0.25) is 9.59 Å². The normalized spacial score (nSPS) is 13.1. The van der Waals surface area contributed by atoms with E-state index in [1.807, 2.05) is 0 Å². The quantitative estimate of drug-likeness (QED) is 0.733. The molecule has 0 aliphatic carbocycles. The first kappa shape index (κ1) is 17.9. The fourth-order valence-electron chi connectivity index (χ4n) is 1.98. The van der Waals surface area contributed by atoms with E-state index in [1.165, 1.54) is 19.1 Å². The summed E-state index contributed by atoms with van der Waals surface area (Å²) >= 11 is 5.98. The summed E-state index contributed by atoms with van der Waals surface area (Å²) in [5.74, 6) is -0.949. The Bertz CT molecular complexity index is 664. The Kier molecular flexibility index (Phi) is 5.86. The molecule has 0 aromatic heterocycles. The molecule has 0 radical (unpaired) electrons. The minimum absolute atomic E-state index is 0.0215. The fourth-order valence-corrected chi connectivity index (χ4v) is 2.24. The first-order valence-electron chi connectivity index (χ1n) is 7.25. The highest BCUT2D eigenvalue weighted by molar-refractivity contribution is 6.32. The van der Waals surface area contributed by atoms with Crippen molar-refractivity contribution in [3.05, 3.63) is 22.7 Å². The van der Waals surface area contributed by atoms with Crippen molar-refractivity contribution < 1.29 is 28.6 Å². The highest BCUT2D eigenvalue weighted by atomic mass is 35.5. The Labute approximate surface area is 143 Å².